The number of allylic oxidation sites excluding steroid dienone is 1. The van der Waals surface area contributed by atoms with Crippen molar-refractivity contribution in [1.82, 2.24) is 14.7 Å². The Balaban J connectivity index is 1.72. The summed E-state index contributed by atoms with van der Waals surface area (Å²) in [5, 5.41) is 15.8. The summed E-state index contributed by atoms with van der Waals surface area (Å²) >= 11 is 0. The molecule has 0 saturated carbocycles. The third-order valence-electron chi connectivity index (χ3n) is 6.12. The molecule has 0 unspecified atom stereocenters. The second kappa shape index (κ2) is 12.9. The average Bonchev–Trinajstić information content (AvgIpc) is 3.25. The van der Waals surface area contributed by atoms with E-state index in [0.29, 0.717) is 25.4 Å². The Bertz CT molecular complexity index is 1210. The number of benzene rings is 3. The Hall–Kier alpha value is -3.67. The van der Waals surface area contributed by atoms with Crippen LogP contribution in [0.1, 0.15) is 36.6 Å². The maximum Gasteiger partial charge on any atom is 0.227 e. The van der Waals surface area contributed by atoms with E-state index in [2.05, 4.69) is 42.7 Å². The van der Waals surface area contributed by atoms with E-state index < -0.39 is 6.10 Å². The molecule has 4 aromatic rings. The Morgan fingerprint density at radius 2 is 1.58 bits per heavy atom. The molecule has 1 atom stereocenters. The van der Waals surface area contributed by atoms with Crippen LogP contribution in [-0.4, -0.2) is 32.4 Å². The molecule has 0 aliphatic heterocycles. The first-order chi connectivity index (χ1) is 17.7. The minimum Gasteiger partial charge on any atom is -0.439 e. The standard InChI is InChI=1S/C31H35N3O2/c1-3-5-19-27(35)23-33(22-25-15-9-6-10-16-25)24-29-30(4-2)32-34(26-17-11-7-12-18-26)31(29)36-28-20-13-8-14-21-28/h3,6-18,20-21,27,35H,1,4-5,19,22-24H2,2H3/t27-/m1/s1. The number of rotatable bonds is 13. The lowest BCUT2D eigenvalue weighted by Crippen LogP contribution is -2.32. The number of aryl methyl sites for hydroxylation is 1. The van der Waals surface area contributed by atoms with E-state index in [1.165, 1.54) is 5.56 Å². The van der Waals surface area contributed by atoms with Crippen LogP contribution in [0.15, 0.2) is 104 Å². The molecule has 0 fully saturated rings. The van der Waals surface area contributed by atoms with Crippen molar-refractivity contribution in [3.8, 4) is 17.3 Å². The van der Waals surface area contributed by atoms with Gasteiger partial charge < -0.3 is 9.84 Å². The van der Waals surface area contributed by atoms with Crippen LogP contribution >= 0.6 is 0 Å². The van der Waals surface area contributed by atoms with E-state index in [1.54, 1.807) is 0 Å². The zero-order valence-corrected chi connectivity index (χ0v) is 21.0. The maximum absolute atomic E-state index is 10.8. The predicted octanol–water partition coefficient (Wildman–Crippen LogP) is 6.56. The first kappa shape index (κ1) is 25.4. The van der Waals surface area contributed by atoms with Crippen LogP contribution in [0.4, 0.5) is 0 Å². The van der Waals surface area contributed by atoms with Gasteiger partial charge in [0.05, 0.1) is 23.0 Å². The van der Waals surface area contributed by atoms with Crippen LogP contribution < -0.4 is 4.74 Å². The van der Waals surface area contributed by atoms with E-state index in [4.69, 9.17) is 9.84 Å². The van der Waals surface area contributed by atoms with Crippen LogP contribution in [0.25, 0.3) is 5.69 Å². The summed E-state index contributed by atoms with van der Waals surface area (Å²) < 4.78 is 8.40. The highest BCUT2D eigenvalue weighted by molar-refractivity contribution is 5.43. The molecule has 1 N–H and O–H groups in total. The lowest BCUT2D eigenvalue weighted by Gasteiger charge is -2.26. The quantitative estimate of drug-likeness (QED) is 0.220. The lowest BCUT2D eigenvalue weighted by atomic mass is 10.1. The molecule has 0 amide bonds. The van der Waals surface area contributed by atoms with Gasteiger partial charge in [0.15, 0.2) is 0 Å². The third kappa shape index (κ3) is 6.72. The van der Waals surface area contributed by atoms with Crippen molar-refractivity contribution < 1.29 is 9.84 Å². The van der Waals surface area contributed by atoms with E-state index in [9.17, 15) is 5.11 Å². The van der Waals surface area contributed by atoms with E-state index >= 15 is 0 Å². The highest BCUT2D eigenvalue weighted by Gasteiger charge is 2.23. The predicted molar refractivity (Wildman–Crippen MR) is 145 cm³/mol. The minimum absolute atomic E-state index is 0.445. The second-order valence-electron chi connectivity index (χ2n) is 8.92. The van der Waals surface area contributed by atoms with Crippen molar-refractivity contribution in [2.75, 3.05) is 6.54 Å². The Kier molecular flexibility index (Phi) is 9.09. The number of nitrogens with zero attached hydrogens (tertiary/aromatic N) is 3. The number of aromatic nitrogens is 2. The van der Waals surface area contributed by atoms with E-state index in [0.717, 1.165) is 42.1 Å². The number of hydrogen-bond acceptors (Lipinski definition) is 4. The van der Waals surface area contributed by atoms with E-state index in [1.807, 2.05) is 77.5 Å². The largest absolute Gasteiger partial charge is 0.439 e. The van der Waals surface area contributed by atoms with Gasteiger partial charge >= 0.3 is 0 Å². The average molecular weight is 482 g/mol. The summed E-state index contributed by atoms with van der Waals surface area (Å²) in [5.74, 6) is 1.47. The van der Waals surface area contributed by atoms with Crippen molar-refractivity contribution in [3.63, 3.8) is 0 Å². The first-order valence-electron chi connectivity index (χ1n) is 12.6. The molecule has 0 bridgehead atoms. The Labute approximate surface area is 214 Å². The Morgan fingerprint density at radius 3 is 2.22 bits per heavy atom. The van der Waals surface area contributed by atoms with Crippen molar-refractivity contribution in [1.29, 1.82) is 0 Å². The van der Waals surface area contributed by atoms with Crippen molar-refractivity contribution in [2.45, 2.75) is 45.4 Å². The Morgan fingerprint density at radius 1 is 0.944 bits per heavy atom. The van der Waals surface area contributed by atoms with Crippen molar-refractivity contribution >= 4 is 0 Å². The fraction of sp³-hybridized carbons (Fsp3) is 0.258. The fourth-order valence-electron chi connectivity index (χ4n) is 4.32. The maximum atomic E-state index is 10.8. The minimum atomic E-state index is -0.445. The summed E-state index contributed by atoms with van der Waals surface area (Å²) in [6, 6.07) is 30.3. The SMILES string of the molecule is C=CCC[C@@H](O)CN(Cc1ccccc1)Cc1c(CC)nn(-c2ccccc2)c1Oc1ccccc1. The highest BCUT2D eigenvalue weighted by Crippen LogP contribution is 2.32. The number of hydrogen-bond donors (Lipinski definition) is 1. The molecule has 0 aliphatic carbocycles. The van der Waals surface area contributed by atoms with Crippen LogP contribution in [0.3, 0.4) is 0 Å². The number of para-hydroxylation sites is 2. The zero-order chi connectivity index (χ0) is 25.2. The van der Waals surface area contributed by atoms with Gasteiger partial charge in [-0.15, -0.1) is 6.58 Å². The molecule has 186 valence electrons. The molecule has 0 spiro atoms. The summed E-state index contributed by atoms with van der Waals surface area (Å²) in [6.07, 6.45) is 3.66. The van der Waals surface area contributed by atoms with Gasteiger partial charge in [-0.05, 0) is 49.1 Å². The van der Waals surface area contributed by atoms with Gasteiger partial charge in [0, 0.05) is 19.6 Å². The summed E-state index contributed by atoms with van der Waals surface area (Å²) in [7, 11) is 0. The molecule has 0 aliphatic rings. The molecular weight excluding hydrogens is 446 g/mol. The fourth-order valence-corrected chi connectivity index (χ4v) is 4.32. The zero-order valence-electron chi connectivity index (χ0n) is 21.0. The van der Waals surface area contributed by atoms with Gasteiger partial charge in [0.2, 0.25) is 5.88 Å². The number of aliphatic hydroxyl groups is 1. The lowest BCUT2D eigenvalue weighted by molar-refractivity contribution is 0.0978. The van der Waals surface area contributed by atoms with Gasteiger partial charge in [-0.2, -0.15) is 5.10 Å². The van der Waals surface area contributed by atoms with Crippen LogP contribution in [0.2, 0.25) is 0 Å². The smallest absolute Gasteiger partial charge is 0.227 e. The molecule has 3 aromatic carbocycles. The molecular formula is C31H35N3O2. The molecule has 1 heterocycles. The number of aliphatic hydroxyl groups excluding tert-OH is 1. The molecule has 36 heavy (non-hydrogen) atoms. The van der Waals surface area contributed by atoms with E-state index in [-0.39, 0.29) is 0 Å². The number of ether oxygens (including phenoxy) is 1. The molecule has 5 nitrogen and oxygen atoms in total. The topological polar surface area (TPSA) is 50.5 Å². The van der Waals surface area contributed by atoms with Crippen molar-refractivity contribution in [2.24, 2.45) is 0 Å². The monoisotopic (exact) mass is 481 g/mol. The first-order valence-corrected chi connectivity index (χ1v) is 12.6. The van der Waals surface area contributed by atoms with Crippen molar-refractivity contribution in [3.05, 3.63) is 120 Å². The third-order valence-corrected chi connectivity index (χ3v) is 6.12. The summed E-state index contributed by atoms with van der Waals surface area (Å²) in [5.41, 5.74) is 4.18. The molecule has 4 rings (SSSR count). The molecule has 0 saturated heterocycles. The molecule has 0 radical (unpaired) electrons. The van der Waals surface area contributed by atoms with Gasteiger partial charge in [0.25, 0.3) is 0 Å². The molecule has 1 aromatic heterocycles. The van der Waals surface area contributed by atoms with Gasteiger partial charge in [-0.25, -0.2) is 4.68 Å². The normalized spacial score (nSPS) is 12.0. The van der Waals surface area contributed by atoms with Crippen LogP contribution in [0, 0.1) is 0 Å². The highest BCUT2D eigenvalue weighted by atomic mass is 16.5. The van der Waals surface area contributed by atoms with Crippen LogP contribution in [-0.2, 0) is 19.5 Å². The summed E-state index contributed by atoms with van der Waals surface area (Å²) in [4.78, 5) is 2.28. The second-order valence-corrected chi connectivity index (χ2v) is 8.92. The van der Waals surface area contributed by atoms with Gasteiger partial charge in [-0.1, -0.05) is 79.7 Å². The van der Waals surface area contributed by atoms with Crippen LogP contribution in [0.5, 0.6) is 11.6 Å². The summed E-state index contributed by atoms with van der Waals surface area (Å²) in [6.45, 7) is 7.80. The molecule has 5 heteroatoms. The van der Waals surface area contributed by atoms with Gasteiger partial charge in [-0.3, -0.25) is 4.90 Å². The van der Waals surface area contributed by atoms with Gasteiger partial charge in [0.1, 0.15) is 5.75 Å².